The van der Waals surface area contributed by atoms with Crippen LogP contribution >= 0.6 is 0 Å². The quantitative estimate of drug-likeness (QED) is 0.617. The highest BCUT2D eigenvalue weighted by atomic mass is 19.1. The highest BCUT2D eigenvalue weighted by Crippen LogP contribution is 2.28. The second-order valence-electron chi connectivity index (χ2n) is 4.70. The Hall–Kier alpha value is -0.110. The van der Waals surface area contributed by atoms with Gasteiger partial charge in [0.05, 0.1) is 0 Å². The molecule has 0 aromatic carbocycles. The maximum absolute atomic E-state index is 13.1. The zero-order valence-corrected chi connectivity index (χ0v) is 7.65. The van der Waals surface area contributed by atoms with E-state index in [4.69, 9.17) is 0 Å². The van der Waals surface area contributed by atoms with E-state index in [-0.39, 0.29) is 11.3 Å². The van der Waals surface area contributed by atoms with Gasteiger partial charge in [-0.15, -0.1) is 0 Å². The Bertz CT molecular complexity index is 128. The maximum atomic E-state index is 13.1. The van der Waals surface area contributed by atoms with Gasteiger partial charge < -0.3 is 5.32 Å². The van der Waals surface area contributed by atoms with Crippen LogP contribution in [0.1, 0.15) is 27.2 Å². The molecule has 0 amide bonds. The summed E-state index contributed by atoms with van der Waals surface area (Å²) in [6.45, 7) is 7.91. The fourth-order valence-corrected chi connectivity index (χ4v) is 1.69. The van der Waals surface area contributed by atoms with E-state index in [1.54, 1.807) is 0 Å². The number of hydrogen-bond acceptors (Lipinski definition) is 1. The zero-order valence-electron chi connectivity index (χ0n) is 7.65. The highest BCUT2D eigenvalue weighted by molar-refractivity contribution is 4.83. The van der Waals surface area contributed by atoms with Crippen LogP contribution in [0.5, 0.6) is 0 Å². The van der Waals surface area contributed by atoms with E-state index in [1.807, 2.05) is 0 Å². The van der Waals surface area contributed by atoms with E-state index < -0.39 is 6.17 Å². The van der Waals surface area contributed by atoms with Crippen LogP contribution in [0, 0.1) is 11.3 Å². The van der Waals surface area contributed by atoms with Gasteiger partial charge >= 0.3 is 0 Å². The average molecular weight is 159 g/mol. The van der Waals surface area contributed by atoms with Crippen molar-refractivity contribution in [2.24, 2.45) is 11.3 Å². The fraction of sp³-hybridized carbons (Fsp3) is 1.00. The lowest BCUT2D eigenvalue weighted by molar-refractivity contribution is 0.213. The predicted molar refractivity (Wildman–Crippen MR) is 45.3 cm³/mol. The van der Waals surface area contributed by atoms with Crippen LogP contribution in [-0.4, -0.2) is 19.3 Å². The Morgan fingerprint density at radius 2 is 2.00 bits per heavy atom. The second-order valence-corrected chi connectivity index (χ2v) is 4.70. The van der Waals surface area contributed by atoms with Gasteiger partial charge in [-0.3, -0.25) is 0 Å². The van der Waals surface area contributed by atoms with Crippen LogP contribution in [-0.2, 0) is 0 Å². The molecular formula is C9H18FN. The van der Waals surface area contributed by atoms with E-state index in [1.165, 1.54) is 0 Å². The summed E-state index contributed by atoms with van der Waals surface area (Å²) in [5.41, 5.74) is 0.265. The van der Waals surface area contributed by atoms with Crippen LogP contribution in [0.3, 0.4) is 0 Å². The van der Waals surface area contributed by atoms with Gasteiger partial charge in [-0.05, 0) is 11.8 Å². The molecule has 1 heterocycles. The molecule has 1 fully saturated rings. The van der Waals surface area contributed by atoms with Crippen LogP contribution in [0.25, 0.3) is 0 Å². The Morgan fingerprint density at radius 3 is 2.36 bits per heavy atom. The molecule has 1 N–H and O–H groups in total. The Balaban J connectivity index is 2.37. The van der Waals surface area contributed by atoms with Crippen LogP contribution in [0.15, 0.2) is 0 Å². The zero-order chi connectivity index (χ0) is 8.48. The van der Waals surface area contributed by atoms with Gasteiger partial charge in [0.2, 0.25) is 0 Å². The number of alkyl halides is 1. The smallest absolute Gasteiger partial charge is 0.117 e. The van der Waals surface area contributed by atoms with Crippen LogP contribution in [0.2, 0.25) is 0 Å². The molecule has 2 atom stereocenters. The molecule has 1 saturated heterocycles. The summed E-state index contributed by atoms with van der Waals surface area (Å²) in [5.74, 6) is 0.245. The third-order valence-electron chi connectivity index (χ3n) is 2.13. The molecule has 1 aliphatic heterocycles. The highest BCUT2D eigenvalue weighted by Gasteiger charge is 2.30. The van der Waals surface area contributed by atoms with E-state index in [0.29, 0.717) is 6.54 Å². The minimum Gasteiger partial charge on any atom is -0.313 e. The van der Waals surface area contributed by atoms with E-state index in [9.17, 15) is 4.39 Å². The summed E-state index contributed by atoms with van der Waals surface area (Å²) in [7, 11) is 0. The first-order valence-electron chi connectivity index (χ1n) is 4.34. The molecule has 1 aliphatic rings. The van der Waals surface area contributed by atoms with Crippen molar-refractivity contribution in [2.75, 3.05) is 13.1 Å². The molecule has 1 nitrogen and oxygen atoms in total. The minimum absolute atomic E-state index is 0.245. The molecule has 0 bridgehead atoms. The number of rotatable bonds is 1. The molecule has 11 heavy (non-hydrogen) atoms. The minimum atomic E-state index is -0.616. The van der Waals surface area contributed by atoms with Crippen molar-refractivity contribution < 1.29 is 4.39 Å². The fourth-order valence-electron chi connectivity index (χ4n) is 1.69. The largest absolute Gasteiger partial charge is 0.313 e. The first-order chi connectivity index (χ1) is 4.99. The summed E-state index contributed by atoms with van der Waals surface area (Å²) in [6, 6.07) is 0. The standard InChI is InChI=1S/C9H18FN/c1-9(2,3)4-7-5-11-6-8(7)10/h7-8,11H,4-6H2,1-3H3/t7-,8+/m1/s1. The van der Waals surface area contributed by atoms with E-state index in [0.717, 1.165) is 13.0 Å². The number of nitrogens with one attached hydrogen (secondary N) is 1. The van der Waals surface area contributed by atoms with Crippen LogP contribution < -0.4 is 5.32 Å². The van der Waals surface area contributed by atoms with Gasteiger partial charge in [0.25, 0.3) is 0 Å². The van der Waals surface area contributed by atoms with Crippen molar-refractivity contribution >= 4 is 0 Å². The van der Waals surface area contributed by atoms with Crippen molar-refractivity contribution in [3.8, 4) is 0 Å². The Kier molecular flexibility index (Phi) is 2.53. The molecule has 0 aromatic rings. The van der Waals surface area contributed by atoms with Gasteiger partial charge in [0.1, 0.15) is 6.17 Å². The lowest BCUT2D eigenvalue weighted by Crippen LogP contribution is -2.20. The maximum Gasteiger partial charge on any atom is 0.117 e. The molecular weight excluding hydrogens is 141 g/mol. The van der Waals surface area contributed by atoms with Crippen molar-refractivity contribution in [3.63, 3.8) is 0 Å². The van der Waals surface area contributed by atoms with Crippen molar-refractivity contribution in [1.29, 1.82) is 0 Å². The summed E-state index contributed by atoms with van der Waals surface area (Å²) < 4.78 is 13.1. The van der Waals surface area contributed by atoms with Crippen LogP contribution in [0.4, 0.5) is 4.39 Å². The molecule has 66 valence electrons. The van der Waals surface area contributed by atoms with Gasteiger partial charge in [0, 0.05) is 19.0 Å². The molecule has 0 aromatic heterocycles. The molecule has 0 saturated carbocycles. The van der Waals surface area contributed by atoms with Crippen molar-refractivity contribution in [2.45, 2.75) is 33.4 Å². The third kappa shape index (κ3) is 2.78. The predicted octanol–water partition coefficient (Wildman–Crippen LogP) is 1.98. The molecule has 2 heteroatoms. The average Bonchev–Trinajstić information content (AvgIpc) is 2.12. The topological polar surface area (TPSA) is 12.0 Å². The number of halogens is 1. The third-order valence-corrected chi connectivity index (χ3v) is 2.13. The SMILES string of the molecule is CC(C)(C)C[C@@H]1CNC[C@@H]1F. The summed E-state index contributed by atoms with van der Waals surface area (Å²) in [6.07, 6.45) is 0.371. The summed E-state index contributed by atoms with van der Waals surface area (Å²) >= 11 is 0. The Labute approximate surface area is 68.4 Å². The Morgan fingerprint density at radius 1 is 1.36 bits per heavy atom. The molecule has 0 unspecified atom stereocenters. The normalized spacial score (nSPS) is 32.7. The first-order valence-corrected chi connectivity index (χ1v) is 4.34. The van der Waals surface area contributed by atoms with Gasteiger partial charge in [-0.2, -0.15) is 0 Å². The monoisotopic (exact) mass is 159 g/mol. The second kappa shape index (κ2) is 3.10. The van der Waals surface area contributed by atoms with E-state index in [2.05, 4.69) is 26.1 Å². The van der Waals surface area contributed by atoms with E-state index >= 15 is 0 Å². The van der Waals surface area contributed by atoms with Gasteiger partial charge in [-0.25, -0.2) is 4.39 Å². The van der Waals surface area contributed by atoms with Crippen molar-refractivity contribution in [3.05, 3.63) is 0 Å². The molecule has 0 radical (unpaired) electrons. The van der Waals surface area contributed by atoms with Gasteiger partial charge in [-0.1, -0.05) is 20.8 Å². The van der Waals surface area contributed by atoms with Gasteiger partial charge in [0.15, 0.2) is 0 Å². The summed E-state index contributed by atoms with van der Waals surface area (Å²) in [5, 5.41) is 3.07. The molecule has 1 rings (SSSR count). The summed E-state index contributed by atoms with van der Waals surface area (Å²) in [4.78, 5) is 0. The number of hydrogen-bond donors (Lipinski definition) is 1. The first kappa shape index (κ1) is 8.98. The lowest BCUT2D eigenvalue weighted by atomic mass is 9.84. The molecule has 0 aliphatic carbocycles. The lowest BCUT2D eigenvalue weighted by Gasteiger charge is -2.23. The molecule has 0 spiro atoms. The van der Waals surface area contributed by atoms with Crippen molar-refractivity contribution in [1.82, 2.24) is 5.32 Å².